The van der Waals surface area contributed by atoms with Gasteiger partial charge in [0.25, 0.3) is 0 Å². The van der Waals surface area contributed by atoms with Gasteiger partial charge in [-0.25, -0.2) is 18.1 Å². The van der Waals surface area contributed by atoms with Crippen LogP contribution in [0.25, 0.3) is 0 Å². The molecular formula is C4H7O4PS. The molecule has 0 atom stereocenters. The number of hydrogen-bond acceptors (Lipinski definition) is 5. The van der Waals surface area contributed by atoms with E-state index in [1.807, 2.05) is 0 Å². The molecule has 0 aromatic rings. The summed E-state index contributed by atoms with van der Waals surface area (Å²) < 4.78 is 25.0. The number of thiol groups is 1. The van der Waals surface area contributed by atoms with Gasteiger partial charge in [-0.3, -0.25) is 0 Å². The fraction of sp³-hybridized carbons (Fsp3) is 1.00. The zero-order valence-electron chi connectivity index (χ0n) is 5.15. The van der Waals surface area contributed by atoms with Gasteiger partial charge >= 0.3 is 13.8 Å². The standard InChI is InChI=1S/C4H7O4PS/c5-9-6-4(7-9,8-9)2-1-3-10/h10H,1-3H2. The minimum Gasteiger partial charge on any atom is -0.227 e. The molecule has 0 aliphatic carbocycles. The molecule has 3 aliphatic rings. The van der Waals surface area contributed by atoms with Gasteiger partial charge in [0.05, 0.1) is 0 Å². The summed E-state index contributed by atoms with van der Waals surface area (Å²) in [6, 6.07) is 0. The maximum atomic E-state index is 10.6. The van der Waals surface area contributed by atoms with E-state index in [2.05, 4.69) is 12.6 Å². The third-order valence-corrected chi connectivity index (χ3v) is 3.22. The molecule has 0 spiro atoms. The van der Waals surface area contributed by atoms with Crippen molar-refractivity contribution in [1.29, 1.82) is 0 Å². The molecule has 58 valence electrons. The summed E-state index contributed by atoms with van der Waals surface area (Å²) in [4.78, 5) is 0. The molecule has 0 aromatic heterocycles. The fourth-order valence-corrected chi connectivity index (χ4v) is 2.46. The van der Waals surface area contributed by atoms with Crippen LogP contribution < -0.4 is 0 Å². The molecule has 0 amide bonds. The Bertz CT molecular complexity index is 179. The first-order valence-electron chi connectivity index (χ1n) is 3.01. The van der Waals surface area contributed by atoms with E-state index in [9.17, 15) is 4.57 Å². The summed E-state index contributed by atoms with van der Waals surface area (Å²) in [5.41, 5.74) is 0. The van der Waals surface area contributed by atoms with Crippen LogP contribution in [0.2, 0.25) is 0 Å². The van der Waals surface area contributed by atoms with Crippen LogP contribution in [-0.2, 0) is 18.1 Å². The summed E-state index contributed by atoms with van der Waals surface area (Å²) >= 11 is 4.00. The van der Waals surface area contributed by atoms with Gasteiger partial charge in [0.15, 0.2) is 0 Å². The van der Waals surface area contributed by atoms with E-state index >= 15 is 0 Å². The molecule has 3 fully saturated rings. The van der Waals surface area contributed by atoms with E-state index in [1.54, 1.807) is 0 Å². The summed E-state index contributed by atoms with van der Waals surface area (Å²) in [5.74, 6) is -0.180. The van der Waals surface area contributed by atoms with Crippen LogP contribution in [0.5, 0.6) is 0 Å². The Morgan fingerprint density at radius 3 is 2.40 bits per heavy atom. The van der Waals surface area contributed by atoms with Gasteiger partial charge in [-0.05, 0) is 12.2 Å². The first kappa shape index (κ1) is 7.13. The fourth-order valence-electron chi connectivity index (χ4n) is 0.964. The molecule has 3 saturated heterocycles. The maximum absolute atomic E-state index is 10.6. The normalized spacial score (nSPS) is 49.7. The molecule has 0 aromatic carbocycles. The molecule has 6 heteroatoms. The van der Waals surface area contributed by atoms with Crippen molar-refractivity contribution in [2.75, 3.05) is 5.75 Å². The predicted octanol–water partition coefficient (Wildman–Crippen LogP) is 1.54. The van der Waals surface area contributed by atoms with E-state index in [-0.39, 0.29) is 0 Å². The molecule has 0 N–H and O–H groups in total. The summed E-state index contributed by atoms with van der Waals surface area (Å²) in [5, 5.41) is 0. The minimum atomic E-state index is -2.95. The van der Waals surface area contributed by atoms with Crippen molar-refractivity contribution in [2.24, 2.45) is 0 Å². The molecule has 3 rings (SSSR count). The van der Waals surface area contributed by atoms with Crippen molar-refractivity contribution in [3.63, 3.8) is 0 Å². The number of hydrogen-bond donors (Lipinski definition) is 1. The van der Waals surface area contributed by atoms with Crippen molar-refractivity contribution in [3.05, 3.63) is 0 Å². The first-order valence-corrected chi connectivity index (χ1v) is 5.11. The molecule has 0 saturated carbocycles. The smallest absolute Gasteiger partial charge is 0.227 e. The largest absolute Gasteiger partial charge is 0.488 e. The third-order valence-electron chi connectivity index (χ3n) is 1.39. The van der Waals surface area contributed by atoms with Crippen LogP contribution >= 0.6 is 20.5 Å². The third kappa shape index (κ3) is 0.855. The maximum Gasteiger partial charge on any atom is 0.488 e. The predicted molar refractivity (Wildman–Crippen MR) is 36.7 cm³/mol. The highest BCUT2D eigenvalue weighted by Gasteiger charge is 2.74. The summed E-state index contributed by atoms with van der Waals surface area (Å²) in [7, 11) is -2.95. The Labute approximate surface area is 63.9 Å². The van der Waals surface area contributed by atoms with Gasteiger partial charge in [0.2, 0.25) is 0 Å². The SMILES string of the molecule is O=P12OC(CCCS)(O1)O2. The van der Waals surface area contributed by atoms with Crippen LogP contribution in [0, 0.1) is 0 Å². The molecule has 0 radical (unpaired) electrons. The average molecular weight is 182 g/mol. The van der Waals surface area contributed by atoms with Crippen molar-refractivity contribution in [2.45, 2.75) is 18.8 Å². The van der Waals surface area contributed by atoms with E-state index in [4.69, 9.17) is 13.6 Å². The number of phosphoric ester groups is 1. The second-order valence-electron chi connectivity index (χ2n) is 2.23. The van der Waals surface area contributed by atoms with Crippen molar-refractivity contribution >= 4 is 20.5 Å². The average Bonchev–Trinajstić information content (AvgIpc) is 1.75. The molecule has 3 heterocycles. The lowest BCUT2D eigenvalue weighted by Gasteiger charge is -2.55. The lowest BCUT2D eigenvalue weighted by molar-refractivity contribution is -0.430. The Hall–Kier alpha value is 0.460. The first-order chi connectivity index (χ1) is 4.68. The van der Waals surface area contributed by atoms with Gasteiger partial charge in [0.1, 0.15) is 0 Å². The monoisotopic (exact) mass is 182 g/mol. The highest BCUT2D eigenvalue weighted by atomic mass is 32.1. The van der Waals surface area contributed by atoms with Gasteiger partial charge in [-0.2, -0.15) is 12.6 Å². The zero-order valence-corrected chi connectivity index (χ0v) is 6.94. The molecule has 4 nitrogen and oxygen atoms in total. The Balaban J connectivity index is 1.82. The summed E-state index contributed by atoms with van der Waals surface area (Å²) in [6.07, 6.45) is 1.45. The molecule has 10 heavy (non-hydrogen) atoms. The highest BCUT2D eigenvalue weighted by molar-refractivity contribution is 7.80. The minimum absolute atomic E-state index is 0.612. The second kappa shape index (κ2) is 1.99. The Kier molecular flexibility index (Phi) is 1.42. The zero-order chi connectivity index (χ0) is 7.24. The van der Waals surface area contributed by atoms with E-state index < -0.39 is 13.8 Å². The lowest BCUT2D eigenvalue weighted by atomic mass is 10.3. The molecule has 2 bridgehead atoms. The highest BCUT2D eigenvalue weighted by Crippen LogP contribution is 2.80. The molecular weight excluding hydrogens is 175 g/mol. The Morgan fingerprint density at radius 2 is 2.00 bits per heavy atom. The molecule has 0 unspecified atom stereocenters. The van der Waals surface area contributed by atoms with Crippen LogP contribution in [0.1, 0.15) is 12.8 Å². The Morgan fingerprint density at radius 1 is 1.40 bits per heavy atom. The second-order valence-corrected chi connectivity index (χ2v) is 4.12. The number of rotatable bonds is 3. The van der Waals surface area contributed by atoms with Crippen LogP contribution in [-0.4, -0.2) is 11.7 Å². The molecule has 3 aliphatic heterocycles. The quantitative estimate of drug-likeness (QED) is 0.531. The number of phosphoric acid groups is 1. The topological polar surface area (TPSA) is 44.8 Å². The van der Waals surface area contributed by atoms with Crippen LogP contribution in [0.3, 0.4) is 0 Å². The van der Waals surface area contributed by atoms with Gasteiger partial charge < -0.3 is 0 Å². The van der Waals surface area contributed by atoms with Gasteiger partial charge in [0, 0.05) is 6.42 Å². The van der Waals surface area contributed by atoms with Crippen LogP contribution in [0.4, 0.5) is 0 Å². The summed E-state index contributed by atoms with van der Waals surface area (Å²) in [6.45, 7) is 0. The van der Waals surface area contributed by atoms with E-state index in [0.29, 0.717) is 6.42 Å². The van der Waals surface area contributed by atoms with Gasteiger partial charge in [-0.1, -0.05) is 0 Å². The van der Waals surface area contributed by atoms with Crippen molar-refractivity contribution in [1.82, 2.24) is 0 Å². The lowest BCUT2D eigenvalue weighted by Crippen LogP contribution is -2.56. The van der Waals surface area contributed by atoms with Crippen molar-refractivity contribution in [3.8, 4) is 0 Å². The van der Waals surface area contributed by atoms with E-state index in [1.165, 1.54) is 0 Å². The van der Waals surface area contributed by atoms with E-state index in [0.717, 1.165) is 12.2 Å². The van der Waals surface area contributed by atoms with Crippen LogP contribution in [0.15, 0.2) is 0 Å². The van der Waals surface area contributed by atoms with Gasteiger partial charge in [-0.15, -0.1) is 0 Å². The van der Waals surface area contributed by atoms with Crippen molar-refractivity contribution < 1.29 is 18.1 Å².